The van der Waals surface area contributed by atoms with Gasteiger partial charge < -0.3 is 5.32 Å². The van der Waals surface area contributed by atoms with E-state index in [0.29, 0.717) is 28.2 Å². The molecule has 1 aliphatic carbocycles. The number of thiophene rings is 1. The fourth-order valence-electron chi connectivity index (χ4n) is 3.58. The summed E-state index contributed by atoms with van der Waals surface area (Å²) in [6, 6.07) is 2.31. The summed E-state index contributed by atoms with van der Waals surface area (Å²) < 4.78 is 1.59. The summed E-state index contributed by atoms with van der Waals surface area (Å²) >= 11 is 2.82. The molecule has 2 aromatic heterocycles. The number of aromatic nitrogens is 4. The zero-order valence-electron chi connectivity index (χ0n) is 17.1. The number of nitriles is 1. The predicted octanol–water partition coefficient (Wildman–Crippen LogP) is 4.06. The van der Waals surface area contributed by atoms with Crippen molar-refractivity contribution in [3.05, 3.63) is 28.7 Å². The smallest absolute Gasteiger partial charge is 0.235 e. The number of nitrogens with one attached hydrogen (secondary N) is 1. The van der Waals surface area contributed by atoms with Crippen LogP contribution in [0, 0.1) is 22.7 Å². The van der Waals surface area contributed by atoms with Crippen molar-refractivity contribution >= 4 is 34.0 Å². The van der Waals surface area contributed by atoms with Gasteiger partial charge in [0, 0.05) is 4.88 Å². The lowest BCUT2D eigenvalue weighted by Gasteiger charge is -2.36. The average molecular weight is 431 g/mol. The molecule has 0 aromatic carbocycles. The third-order valence-electron chi connectivity index (χ3n) is 5.78. The highest BCUT2D eigenvalue weighted by Gasteiger charge is 2.34. The predicted molar refractivity (Wildman–Crippen MR) is 116 cm³/mol. The fourth-order valence-corrected chi connectivity index (χ4v) is 5.56. The molecule has 3 rings (SSSR count). The zero-order chi connectivity index (χ0) is 21.0. The van der Waals surface area contributed by atoms with Crippen LogP contribution in [0.15, 0.2) is 17.8 Å². The van der Waals surface area contributed by atoms with E-state index in [2.05, 4.69) is 54.3 Å². The van der Waals surface area contributed by atoms with Crippen molar-refractivity contribution in [3.63, 3.8) is 0 Å². The summed E-state index contributed by atoms with van der Waals surface area (Å²) in [5, 5.41) is 25.3. The van der Waals surface area contributed by atoms with Crippen molar-refractivity contribution in [1.29, 1.82) is 5.26 Å². The fraction of sp³-hybridized carbons (Fsp3) is 0.550. The molecular weight excluding hydrogens is 404 g/mol. The van der Waals surface area contributed by atoms with Gasteiger partial charge in [-0.25, -0.2) is 4.68 Å². The third kappa shape index (κ3) is 4.70. The van der Waals surface area contributed by atoms with Gasteiger partial charge in [-0.3, -0.25) is 4.79 Å². The highest BCUT2D eigenvalue weighted by molar-refractivity contribution is 7.99. The van der Waals surface area contributed by atoms with E-state index in [4.69, 9.17) is 0 Å². The normalized spacial score (nSPS) is 16.1. The van der Waals surface area contributed by atoms with Gasteiger partial charge >= 0.3 is 0 Å². The van der Waals surface area contributed by atoms with Crippen molar-refractivity contribution in [3.8, 4) is 6.07 Å². The van der Waals surface area contributed by atoms with Crippen LogP contribution in [0.25, 0.3) is 0 Å². The number of fused-ring (bicyclic) bond motifs is 1. The topological polar surface area (TPSA) is 96.5 Å². The minimum absolute atomic E-state index is 0.163. The van der Waals surface area contributed by atoms with Crippen molar-refractivity contribution in [2.24, 2.45) is 11.3 Å². The van der Waals surface area contributed by atoms with Crippen LogP contribution in [0.5, 0.6) is 0 Å². The first kappa shape index (κ1) is 21.5. The van der Waals surface area contributed by atoms with Crippen LogP contribution in [0.3, 0.4) is 0 Å². The molecular formula is C20H26N6OS2. The lowest BCUT2D eigenvalue weighted by molar-refractivity contribution is -0.113. The maximum atomic E-state index is 12.5. The van der Waals surface area contributed by atoms with E-state index in [1.165, 1.54) is 16.6 Å². The second-order valence-corrected chi connectivity index (χ2v) is 9.92. The van der Waals surface area contributed by atoms with E-state index in [1.54, 1.807) is 22.1 Å². The molecule has 1 unspecified atom stereocenters. The highest BCUT2D eigenvalue weighted by atomic mass is 32.2. The van der Waals surface area contributed by atoms with Crippen molar-refractivity contribution in [2.45, 2.75) is 58.2 Å². The Bertz CT molecular complexity index is 939. The van der Waals surface area contributed by atoms with Crippen LogP contribution in [0.4, 0.5) is 5.00 Å². The monoisotopic (exact) mass is 430 g/mol. The van der Waals surface area contributed by atoms with Crippen LogP contribution in [-0.2, 0) is 24.2 Å². The second kappa shape index (κ2) is 9.09. The number of rotatable bonds is 8. The summed E-state index contributed by atoms with van der Waals surface area (Å²) in [5.41, 5.74) is 2.04. The molecule has 0 saturated carbocycles. The number of allylic oxidation sites excluding steroid dienone is 1. The second-order valence-electron chi connectivity index (χ2n) is 7.87. The molecule has 29 heavy (non-hydrogen) atoms. The van der Waals surface area contributed by atoms with Gasteiger partial charge in [-0.15, -0.1) is 23.0 Å². The Morgan fingerprint density at radius 3 is 3.03 bits per heavy atom. The molecule has 1 amide bonds. The van der Waals surface area contributed by atoms with E-state index in [1.807, 2.05) is 0 Å². The molecule has 1 N–H and O–H groups in total. The third-order valence-corrected chi connectivity index (χ3v) is 7.91. The van der Waals surface area contributed by atoms with E-state index in [-0.39, 0.29) is 17.1 Å². The first-order valence-corrected chi connectivity index (χ1v) is 11.5. The Hall–Kier alpha value is -2.18. The van der Waals surface area contributed by atoms with Crippen molar-refractivity contribution in [1.82, 2.24) is 20.2 Å². The lowest BCUT2D eigenvalue weighted by Crippen LogP contribution is -2.28. The standard InChI is InChI=1S/C20H26N6OS2/c1-5-9-26-19(23-24-25-26)28-12-17(27)22-18-15(11-21)14-8-7-13(10-16(14)29-18)20(3,4)6-2/h5,13H,1,6-10,12H2,2-4H3,(H,22,27). The molecule has 7 nitrogen and oxygen atoms in total. The van der Waals surface area contributed by atoms with Gasteiger partial charge in [0.25, 0.3) is 0 Å². The number of tetrazole rings is 1. The van der Waals surface area contributed by atoms with Gasteiger partial charge in [0.05, 0.1) is 17.9 Å². The van der Waals surface area contributed by atoms with E-state index in [9.17, 15) is 10.1 Å². The minimum Gasteiger partial charge on any atom is -0.316 e. The zero-order valence-corrected chi connectivity index (χ0v) is 18.7. The van der Waals surface area contributed by atoms with Crippen LogP contribution in [0.1, 0.15) is 49.6 Å². The highest BCUT2D eigenvalue weighted by Crippen LogP contribution is 2.45. The number of nitrogens with zero attached hydrogens (tertiary/aromatic N) is 5. The van der Waals surface area contributed by atoms with E-state index >= 15 is 0 Å². The summed E-state index contributed by atoms with van der Waals surface area (Å²) in [6.07, 6.45) is 5.81. The summed E-state index contributed by atoms with van der Waals surface area (Å²) in [4.78, 5) is 13.7. The largest absolute Gasteiger partial charge is 0.316 e. The van der Waals surface area contributed by atoms with Gasteiger partial charge in [0.2, 0.25) is 11.1 Å². The Balaban J connectivity index is 1.69. The maximum absolute atomic E-state index is 12.5. The van der Waals surface area contributed by atoms with Crippen LogP contribution < -0.4 is 5.32 Å². The van der Waals surface area contributed by atoms with Gasteiger partial charge in [0.1, 0.15) is 11.1 Å². The van der Waals surface area contributed by atoms with Crippen LogP contribution in [0.2, 0.25) is 0 Å². The number of carbonyl (C=O) groups excluding carboxylic acids is 1. The van der Waals surface area contributed by atoms with E-state index in [0.717, 1.165) is 31.2 Å². The summed E-state index contributed by atoms with van der Waals surface area (Å²) in [5.74, 6) is 0.618. The number of carbonyl (C=O) groups is 1. The maximum Gasteiger partial charge on any atom is 0.235 e. The number of amides is 1. The Kier molecular flexibility index (Phi) is 6.75. The van der Waals surface area contributed by atoms with Crippen LogP contribution >= 0.6 is 23.1 Å². The molecule has 1 aliphatic rings. The van der Waals surface area contributed by atoms with E-state index < -0.39 is 0 Å². The molecule has 0 bridgehead atoms. The Morgan fingerprint density at radius 1 is 1.55 bits per heavy atom. The number of hydrogen-bond acceptors (Lipinski definition) is 7. The molecule has 1 atom stereocenters. The van der Waals surface area contributed by atoms with Gasteiger partial charge in [-0.05, 0) is 46.6 Å². The molecule has 2 heterocycles. The van der Waals surface area contributed by atoms with Gasteiger partial charge in [0.15, 0.2) is 0 Å². The van der Waals surface area contributed by atoms with Crippen molar-refractivity contribution in [2.75, 3.05) is 11.1 Å². The molecule has 2 aromatic rings. The minimum atomic E-state index is -0.163. The molecule has 0 aliphatic heterocycles. The average Bonchev–Trinajstić information content (AvgIpc) is 3.29. The van der Waals surface area contributed by atoms with Gasteiger partial charge in [-0.2, -0.15) is 5.26 Å². The Labute approximate surface area is 179 Å². The molecule has 9 heteroatoms. The number of thioether (sulfide) groups is 1. The quantitative estimate of drug-likeness (QED) is 0.501. The molecule has 0 saturated heterocycles. The first-order chi connectivity index (χ1) is 13.9. The SMILES string of the molecule is C=CCn1nnnc1SCC(=O)Nc1sc2c(c1C#N)CCC(C(C)(C)CC)C2. The van der Waals surface area contributed by atoms with Gasteiger partial charge in [-0.1, -0.05) is 45.0 Å². The summed E-state index contributed by atoms with van der Waals surface area (Å²) in [7, 11) is 0. The Morgan fingerprint density at radius 2 is 2.34 bits per heavy atom. The first-order valence-electron chi connectivity index (χ1n) is 9.74. The van der Waals surface area contributed by atoms with Crippen molar-refractivity contribution < 1.29 is 4.79 Å². The van der Waals surface area contributed by atoms with Crippen LogP contribution in [-0.4, -0.2) is 31.9 Å². The number of hydrogen-bond donors (Lipinski definition) is 1. The summed E-state index contributed by atoms with van der Waals surface area (Å²) in [6.45, 7) is 11.0. The lowest BCUT2D eigenvalue weighted by atomic mass is 9.69. The molecule has 0 fully saturated rings. The molecule has 154 valence electrons. The molecule has 0 spiro atoms. The number of anilines is 1. The molecule has 0 radical (unpaired) electrons.